The number of rotatable bonds is 4. The van der Waals surface area contributed by atoms with Crippen molar-refractivity contribution < 1.29 is 14.3 Å². The van der Waals surface area contributed by atoms with Gasteiger partial charge in [-0.05, 0) is 35.4 Å². The molecular formula is C23H20N2O3. The van der Waals surface area contributed by atoms with Crippen molar-refractivity contribution in [3.8, 4) is 11.5 Å². The number of aromatic nitrogens is 1. The van der Waals surface area contributed by atoms with E-state index >= 15 is 0 Å². The third-order valence-electron chi connectivity index (χ3n) is 5.45. The molecule has 0 spiro atoms. The Balaban J connectivity index is 1.60. The van der Waals surface area contributed by atoms with Crippen LogP contribution < -0.4 is 14.4 Å². The maximum Gasteiger partial charge on any atom is 0.239 e. The zero-order chi connectivity index (χ0) is 19.1. The fourth-order valence-electron chi connectivity index (χ4n) is 4.13. The van der Waals surface area contributed by atoms with Gasteiger partial charge in [-0.3, -0.25) is 9.78 Å². The van der Waals surface area contributed by atoms with Crippen LogP contribution in [0.4, 0.5) is 5.69 Å². The van der Waals surface area contributed by atoms with Crippen LogP contribution in [0, 0.1) is 0 Å². The van der Waals surface area contributed by atoms with Crippen LogP contribution >= 0.6 is 0 Å². The molecule has 1 amide bonds. The second-order valence-corrected chi connectivity index (χ2v) is 7.04. The van der Waals surface area contributed by atoms with Crippen molar-refractivity contribution in [3.05, 3.63) is 83.2 Å². The summed E-state index contributed by atoms with van der Waals surface area (Å²) in [6.45, 7) is 1.12. The molecule has 2 aliphatic heterocycles. The van der Waals surface area contributed by atoms with E-state index < -0.39 is 0 Å². The average Bonchev–Trinajstić information content (AvgIpc) is 3.30. The van der Waals surface area contributed by atoms with Crippen LogP contribution in [0.15, 0.2) is 60.8 Å². The zero-order valence-electron chi connectivity index (χ0n) is 15.6. The number of para-hydroxylation sites is 1. The first-order valence-electron chi connectivity index (χ1n) is 9.40. The van der Waals surface area contributed by atoms with Crippen LogP contribution in [0.3, 0.4) is 0 Å². The Kier molecular flexibility index (Phi) is 4.01. The van der Waals surface area contributed by atoms with Crippen molar-refractivity contribution in [1.29, 1.82) is 0 Å². The molecule has 5 rings (SSSR count). The van der Waals surface area contributed by atoms with Crippen LogP contribution in [-0.2, 0) is 17.8 Å². The molecule has 3 aromatic rings. The predicted molar refractivity (Wildman–Crippen MR) is 106 cm³/mol. The van der Waals surface area contributed by atoms with Gasteiger partial charge < -0.3 is 14.4 Å². The molecule has 1 atom stereocenters. The van der Waals surface area contributed by atoms with Gasteiger partial charge in [0.15, 0.2) is 0 Å². The minimum atomic E-state index is -0.388. The lowest BCUT2D eigenvalue weighted by Gasteiger charge is -2.19. The van der Waals surface area contributed by atoms with Gasteiger partial charge in [0.25, 0.3) is 0 Å². The van der Waals surface area contributed by atoms with E-state index in [2.05, 4.69) is 11.1 Å². The van der Waals surface area contributed by atoms with E-state index in [1.807, 2.05) is 53.4 Å². The van der Waals surface area contributed by atoms with Gasteiger partial charge in [0.05, 0.1) is 31.9 Å². The van der Waals surface area contributed by atoms with E-state index in [4.69, 9.17) is 9.47 Å². The number of methoxy groups -OCH3 is 1. The van der Waals surface area contributed by atoms with E-state index in [1.165, 1.54) is 0 Å². The van der Waals surface area contributed by atoms with Crippen molar-refractivity contribution in [2.45, 2.75) is 18.9 Å². The Morgan fingerprint density at radius 2 is 2.00 bits per heavy atom. The number of benzene rings is 2. The van der Waals surface area contributed by atoms with Crippen molar-refractivity contribution in [1.82, 2.24) is 4.98 Å². The summed E-state index contributed by atoms with van der Waals surface area (Å²) in [5.74, 6) is 1.20. The number of hydrogen-bond acceptors (Lipinski definition) is 4. The first-order valence-corrected chi connectivity index (χ1v) is 9.40. The van der Waals surface area contributed by atoms with Crippen LogP contribution in [0.5, 0.6) is 11.5 Å². The number of carbonyl (C=O) groups is 1. The van der Waals surface area contributed by atoms with Crippen LogP contribution in [0.2, 0.25) is 0 Å². The molecule has 0 N–H and O–H groups in total. The van der Waals surface area contributed by atoms with Gasteiger partial charge in [-0.2, -0.15) is 0 Å². The lowest BCUT2D eigenvalue weighted by Crippen LogP contribution is -2.29. The summed E-state index contributed by atoms with van der Waals surface area (Å²) in [6.07, 6.45) is 2.61. The number of anilines is 1. The number of nitrogens with zero attached hydrogens (tertiary/aromatic N) is 2. The molecule has 0 fully saturated rings. The third-order valence-corrected chi connectivity index (χ3v) is 5.45. The van der Waals surface area contributed by atoms with Gasteiger partial charge in [0.1, 0.15) is 11.5 Å². The Bertz CT molecular complexity index is 1050. The minimum absolute atomic E-state index is 0.0454. The Morgan fingerprint density at radius 3 is 2.82 bits per heavy atom. The van der Waals surface area contributed by atoms with Crippen molar-refractivity contribution in [3.63, 3.8) is 0 Å². The summed E-state index contributed by atoms with van der Waals surface area (Å²) in [5.41, 5.74) is 4.82. The molecule has 28 heavy (non-hydrogen) atoms. The molecule has 0 bridgehead atoms. The van der Waals surface area contributed by atoms with Gasteiger partial charge in [0.2, 0.25) is 5.91 Å². The molecule has 3 heterocycles. The summed E-state index contributed by atoms with van der Waals surface area (Å²) >= 11 is 0. The first-order chi connectivity index (χ1) is 13.8. The molecule has 0 aliphatic carbocycles. The summed E-state index contributed by atoms with van der Waals surface area (Å²) < 4.78 is 11.3. The fraction of sp³-hybridized carbons (Fsp3) is 0.217. The third kappa shape index (κ3) is 2.62. The van der Waals surface area contributed by atoms with Crippen molar-refractivity contribution in [2.24, 2.45) is 0 Å². The van der Waals surface area contributed by atoms with Crippen molar-refractivity contribution in [2.75, 3.05) is 18.6 Å². The largest absolute Gasteiger partial charge is 0.496 e. The highest BCUT2D eigenvalue weighted by Gasteiger charge is 2.40. The molecule has 0 radical (unpaired) electrons. The Hall–Kier alpha value is -3.34. The second kappa shape index (κ2) is 6.68. The lowest BCUT2D eigenvalue weighted by atomic mass is 9.90. The average molecular weight is 372 g/mol. The highest BCUT2D eigenvalue weighted by molar-refractivity contribution is 6.07. The summed E-state index contributed by atoms with van der Waals surface area (Å²) in [4.78, 5) is 19.8. The molecule has 2 aromatic carbocycles. The van der Waals surface area contributed by atoms with Gasteiger partial charge >= 0.3 is 0 Å². The molecule has 140 valence electrons. The fourth-order valence-corrected chi connectivity index (χ4v) is 4.13. The smallest absolute Gasteiger partial charge is 0.239 e. The summed E-state index contributed by atoms with van der Waals surface area (Å²) in [7, 11) is 1.64. The van der Waals surface area contributed by atoms with E-state index in [-0.39, 0.29) is 11.8 Å². The van der Waals surface area contributed by atoms with Crippen molar-refractivity contribution >= 4 is 11.6 Å². The predicted octanol–water partition coefficient (Wildman–Crippen LogP) is 3.70. The number of carbonyl (C=O) groups excluding carboxylic acids is 1. The number of hydrogen-bond donors (Lipinski definition) is 0. The van der Waals surface area contributed by atoms with E-state index in [1.54, 1.807) is 13.3 Å². The van der Waals surface area contributed by atoms with Crippen LogP contribution in [0.1, 0.15) is 28.3 Å². The Morgan fingerprint density at radius 1 is 1.14 bits per heavy atom. The summed E-state index contributed by atoms with van der Waals surface area (Å²) in [6, 6.07) is 17.7. The lowest BCUT2D eigenvalue weighted by molar-refractivity contribution is -0.118. The van der Waals surface area contributed by atoms with Crippen LogP contribution in [0.25, 0.3) is 0 Å². The highest BCUT2D eigenvalue weighted by atomic mass is 16.5. The summed E-state index contributed by atoms with van der Waals surface area (Å²) in [5, 5.41) is 0. The van der Waals surface area contributed by atoms with E-state index in [0.29, 0.717) is 18.9 Å². The molecular weight excluding hydrogens is 352 g/mol. The minimum Gasteiger partial charge on any atom is -0.496 e. The SMILES string of the molecule is COc1cc2c(cc1C1C(=O)N(Cc3ccccn3)c3ccccc31)CCO2. The number of pyridine rings is 1. The van der Waals surface area contributed by atoms with Gasteiger partial charge in [0, 0.05) is 29.9 Å². The maximum absolute atomic E-state index is 13.5. The molecule has 1 unspecified atom stereocenters. The van der Waals surface area contributed by atoms with Gasteiger partial charge in [-0.15, -0.1) is 0 Å². The molecule has 2 aliphatic rings. The maximum atomic E-state index is 13.5. The molecule has 1 aromatic heterocycles. The standard InChI is InChI=1S/C23H20N2O3/c1-27-21-13-20-15(9-11-28-20)12-18(21)22-17-7-2-3-8-19(17)25(23(22)26)14-16-6-4-5-10-24-16/h2-8,10,12-13,22H,9,11,14H2,1H3. The molecule has 0 saturated heterocycles. The molecule has 5 nitrogen and oxygen atoms in total. The zero-order valence-corrected chi connectivity index (χ0v) is 15.6. The molecule has 0 saturated carbocycles. The van der Waals surface area contributed by atoms with E-state index in [0.717, 1.165) is 40.2 Å². The highest BCUT2D eigenvalue weighted by Crippen LogP contribution is 2.46. The van der Waals surface area contributed by atoms with E-state index in [9.17, 15) is 4.79 Å². The topological polar surface area (TPSA) is 51.7 Å². The molecule has 5 heteroatoms. The number of amides is 1. The van der Waals surface area contributed by atoms with Crippen LogP contribution in [-0.4, -0.2) is 24.6 Å². The number of ether oxygens (including phenoxy) is 2. The van der Waals surface area contributed by atoms with Gasteiger partial charge in [-0.25, -0.2) is 0 Å². The quantitative estimate of drug-likeness (QED) is 0.701. The Labute approximate surface area is 163 Å². The monoisotopic (exact) mass is 372 g/mol. The van der Waals surface area contributed by atoms with Gasteiger partial charge in [-0.1, -0.05) is 24.3 Å². The second-order valence-electron chi connectivity index (χ2n) is 7.04. The first kappa shape index (κ1) is 16.8. The number of fused-ring (bicyclic) bond motifs is 2. The normalized spacial score (nSPS) is 17.2.